The summed E-state index contributed by atoms with van der Waals surface area (Å²) < 4.78 is 9.20. The second kappa shape index (κ2) is 4.33. The molecule has 3 aromatic rings. The summed E-state index contributed by atoms with van der Waals surface area (Å²) in [5.74, 6) is 1.83. The Balaban J connectivity index is 1.65. The van der Waals surface area contributed by atoms with Crippen LogP contribution >= 0.6 is 11.6 Å². The summed E-state index contributed by atoms with van der Waals surface area (Å²) in [7, 11) is 1.91. The molecule has 2 fully saturated rings. The van der Waals surface area contributed by atoms with Gasteiger partial charge in [0.2, 0.25) is 0 Å². The number of benzene rings is 1. The van der Waals surface area contributed by atoms with Crippen LogP contribution in [0.1, 0.15) is 11.5 Å². The van der Waals surface area contributed by atoms with Crippen LogP contribution in [0.25, 0.3) is 16.6 Å². The van der Waals surface area contributed by atoms with Crippen molar-refractivity contribution in [3.05, 3.63) is 41.3 Å². The van der Waals surface area contributed by atoms with E-state index in [-0.39, 0.29) is 0 Å². The second-order valence-electron chi connectivity index (χ2n) is 6.25. The first-order valence-electron chi connectivity index (χ1n) is 7.46. The van der Waals surface area contributed by atoms with Gasteiger partial charge in [-0.2, -0.15) is 10.2 Å². The lowest BCUT2D eigenvalue weighted by Gasteiger charge is -2.08. The van der Waals surface area contributed by atoms with Gasteiger partial charge in [0.25, 0.3) is 0 Å². The molecule has 22 heavy (non-hydrogen) atoms. The van der Waals surface area contributed by atoms with Crippen LogP contribution < -0.4 is 0 Å². The van der Waals surface area contributed by atoms with E-state index in [1.807, 2.05) is 36.4 Å². The molecular formula is C16H15ClN4O. The Kier molecular flexibility index (Phi) is 2.50. The maximum atomic E-state index is 6.51. The van der Waals surface area contributed by atoms with Gasteiger partial charge in [-0.3, -0.25) is 4.68 Å². The van der Waals surface area contributed by atoms with Gasteiger partial charge < -0.3 is 4.74 Å². The Hall–Kier alpha value is -1.85. The predicted molar refractivity (Wildman–Crippen MR) is 83.4 cm³/mol. The van der Waals surface area contributed by atoms with Crippen molar-refractivity contribution in [1.29, 1.82) is 0 Å². The minimum Gasteiger partial charge on any atom is -0.381 e. The lowest BCUT2D eigenvalue weighted by atomic mass is 10.1. The molecule has 1 aliphatic heterocycles. The van der Waals surface area contributed by atoms with Crippen molar-refractivity contribution >= 4 is 22.5 Å². The van der Waals surface area contributed by atoms with E-state index in [1.165, 1.54) is 5.56 Å². The molecule has 3 heterocycles. The summed E-state index contributed by atoms with van der Waals surface area (Å²) in [6.07, 6.45) is 5.63. The van der Waals surface area contributed by atoms with Gasteiger partial charge in [0.15, 0.2) is 0 Å². The second-order valence-corrected chi connectivity index (χ2v) is 6.66. The van der Waals surface area contributed by atoms with Crippen LogP contribution in [0.2, 0.25) is 5.02 Å². The molecule has 2 aliphatic rings. The van der Waals surface area contributed by atoms with Crippen molar-refractivity contribution in [3.63, 3.8) is 0 Å². The van der Waals surface area contributed by atoms with Crippen molar-refractivity contribution in [1.82, 2.24) is 19.6 Å². The van der Waals surface area contributed by atoms with E-state index in [4.69, 9.17) is 16.3 Å². The maximum absolute atomic E-state index is 6.51. The summed E-state index contributed by atoms with van der Waals surface area (Å²) in [6.45, 7) is 1.73. The van der Waals surface area contributed by atoms with E-state index >= 15 is 0 Å². The van der Waals surface area contributed by atoms with E-state index in [9.17, 15) is 0 Å². The van der Waals surface area contributed by atoms with Crippen LogP contribution in [0.15, 0.2) is 30.7 Å². The zero-order valence-corrected chi connectivity index (χ0v) is 12.9. The number of ether oxygens (including phenoxy) is 1. The third kappa shape index (κ3) is 1.69. The summed E-state index contributed by atoms with van der Waals surface area (Å²) in [5, 5.41) is 10.6. The highest BCUT2D eigenvalue weighted by atomic mass is 35.5. The molecule has 0 amide bonds. The van der Waals surface area contributed by atoms with E-state index in [0.717, 1.165) is 34.8 Å². The number of hydrogen-bond donors (Lipinski definition) is 0. The van der Waals surface area contributed by atoms with Gasteiger partial charge in [0.1, 0.15) is 5.69 Å². The number of halogens is 1. The zero-order chi connectivity index (χ0) is 14.8. The Labute approximate surface area is 132 Å². The lowest BCUT2D eigenvalue weighted by Crippen LogP contribution is -1.99. The first-order valence-corrected chi connectivity index (χ1v) is 7.84. The predicted octanol–water partition coefficient (Wildman–Crippen LogP) is 2.77. The van der Waals surface area contributed by atoms with Crippen LogP contribution in [-0.4, -0.2) is 32.8 Å². The Bertz CT molecular complexity index is 874. The molecule has 1 aliphatic carbocycles. The number of aromatic nitrogens is 4. The molecule has 2 aromatic heterocycles. The fourth-order valence-electron chi connectivity index (χ4n) is 3.74. The minimum absolute atomic E-state index is 0.544. The first kappa shape index (κ1) is 12.7. The number of nitrogens with zero attached hydrogens (tertiary/aromatic N) is 4. The van der Waals surface area contributed by atoms with E-state index < -0.39 is 0 Å². The fraction of sp³-hybridized carbons (Fsp3) is 0.375. The molecule has 112 valence electrons. The number of aryl methyl sites for hydroxylation is 1. The van der Waals surface area contributed by atoms with Crippen molar-refractivity contribution in [2.24, 2.45) is 18.9 Å². The fourth-order valence-corrected chi connectivity index (χ4v) is 4.04. The molecule has 5 rings (SSSR count). The normalized spacial score (nSPS) is 26.5. The van der Waals surface area contributed by atoms with Crippen LogP contribution in [0.3, 0.4) is 0 Å². The van der Waals surface area contributed by atoms with E-state index in [2.05, 4.69) is 16.3 Å². The van der Waals surface area contributed by atoms with Crippen molar-refractivity contribution in [3.8, 4) is 5.69 Å². The van der Waals surface area contributed by atoms with Crippen LogP contribution in [0, 0.1) is 11.8 Å². The number of hydrogen-bond acceptors (Lipinski definition) is 3. The average Bonchev–Trinajstić information content (AvgIpc) is 2.96. The molecule has 1 saturated carbocycles. The largest absolute Gasteiger partial charge is 0.381 e. The van der Waals surface area contributed by atoms with E-state index in [0.29, 0.717) is 17.8 Å². The third-order valence-corrected chi connectivity index (χ3v) is 5.26. The van der Waals surface area contributed by atoms with Gasteiger partial charge in [-0.25, -0.2) is 4.68 Å². The zero-order valence-electron chi connectivity index (χ0n) is 12.1. The quantitative estimate of drug-likeness (QED) is 0.730. The number of fused-ring (bicyclic) bond motifs is 2. The van der Waals surface area contributed by atoms with Gasteiger partial charge in [-0.15, -0.1) is 0 Å². The standard InChI is InChI=1S/C16H15ClN4O/c1-20-6-10(5-18-20)21-15-3-11(14(17)2-9(15)4-19-21)16-12-7-22-8-13(12)16/h2-6,12-13,16H,7-8H2,1H3/t12-,13+,16?. The van der Waals surface area contributed by atoms with Crippen LogP contribution in [0.5, 0.6) is 0 Å². The Morgan fingerprint density at radius 3 is 2.73 bits per heavy atom. The molecule has 5 nitrogen and oxygen atoms in total. The van der Waals surface area contributed by atoms with E-state index in [1.54, 1.807) is 4.68 Å². The Morgan fingerprint density at radius 2 is 2.00 bits per heavy atom. The Morgan fingerprint density at radius 1 is 1.18 bits per heavy atom. The van der Waals surface area contributed by atoms with Crippen molar-refractivity contribution < 1.29 is 4.74 Å². The molecular weight excluding hydrogens is 300 g/mol. The summed E-state index contributed by atoms with van der Waals surface area (Å²) >= 11 is 6.51. The molecule has 3 atom stereocenters. The maximum Gasteiger partial charge on any atom is 0.103 e. The average molecular weight is 315 g/mol. The first-order chi connectivity index (χ1) is 10.7. The topological polar surface area (TPSA) is 44.9 Å². The van der Waals surface area contributed by atoms with Gasteiger partial charge in [-0.05, 0) is 35.4 Å². The minimum atomic E-state index is 0.544. The van der Waals surface area contributed by atoms with Gasteiger partial charge in [0, 0.05) is 17.5 Å². The summed E-state index contributed by atoms with van der Waals surface area (Å²) in [4.78, 5) is 0. The SMILES string of the molecule is Cn1cc(-n2ncc3cc(Cl)c(C4[C@H]5COC[C@@H]45)cc32)cn1. The summed E-state index contributed by atoms with van der Waals surface area (Å²) in [6, 6.07) is 4.22. The van der Waals surface area contributed by atoms with Gasteiger partial charge >= 0.3 is 0 Å². The molecule has 1 saturated heterocycles. The number of rotatable bonds is 2. The molecule has 1 aromatic carbocycles. The molecule has 0 N–H and O–H groups in total. The molecule has 0 bridgehead atoms. The molecule has 0 radical (unpaired) electrons. The highest BCUT2D eigenvalue weighted by molar-refractivity contribution is 6.32. The molecule has 0 spiro atoms. The van der Waals surface area contributed by atoms with Crippen LogP contribution in [0.4, 0.5) is 0 Å². The van der Waals surface area contributed by atoms with Crippen molar-refractivity contribution in [2.75, 3.05) is 13.2 Å². The smallest absolute Gasteiger partial charge is 0.103 e. The lowest BCUT2D eigenvalue weighted by molar-refractivity contribution is 0.160. The van der Waals surface area contributed by atoms with Crippen molar-refractivity contribution in [2.45, 2.75) is 5.92 Å². The van der Waals surface area contributed by atoms with Crippen LogP contribution in [-0.2, 0) is 11.8 Å². The molecule has 6 heteroatoms. The van der Waals surface area contributed by atoms with Gasteiger partial charge in [-0.1, -0.05) is 11.6 Å². The highest BCUT2D eigenvalue weighted by Gasteiger charge is 2.55. The third-order valence-electron chi connectivity index (χ3n) is 4.93. The highest BCUT2D eigenvalue weighted by Crippen LogP contribution is 2.59. The molecule has 1 unspecified atom stereocenters. The monoisotopic (exact) mass is 314 g/mol. The van der Waals surface area contributed by atoms with Gasteiger partial charge in [0.05, 0.1) is 37.3 Å². The summed E-state index contributed by atoms with van der Waals surface area (Å²) in [5.41, 5.74) is 3.28.